The van der Waals surface area contributed by atoms with Crippen molar-refractivity contribution in [1.29, 1.82) is 0 Å². The normalized spacial score (nSPS) is 33.1. The summed E-state index contributed by atoms with van der Waals surface area (Å²) >= 11 is 0. The number of carbonyl (C=O) groups is 1. The van der Waals surface area contributed by atoms with Crippen LogP contribution in [0, 0.1) is 31.6 Å². The minimum atomic E-state index is -0.441. The van der Waals surface area contributed by atoms with Crippen molar-refractivity contribution in [3.05, 3.63) is 13.8 Å². The van der Waals surface area contributed by atoms with Gasteiger partial charge in [-0.3, -0.25) is 4.79 Å². The van der Waals surface area contributed by atoms with E-state index in [9.17, 15) is 4.79 Å². The molecule has 1 fully saturated rings. The average Bonchev–Trinajstić information content (AvgIpc) is 2.26. The molecule has 1 aliphatic carbocycles. The van der Waals surface area contributed by atoms with Crippen molar-refractivity contribution < 1.29 is 9.53 Å². The molecule has 0 aromatic rings. The minimum absolute atomic E-state index is 0.0440. The molecule has 0 amide bonds. The lowest BCUT2D eigenvalue weighted by Gasteiger charge is -2.23. The van der Waals surface area contributed by atoms with Crippen LogP contribution >= 0.6 is 0 Å². The van der Waals surface area contributed by atoms with E-state index in [0.717, 1.165) is 0 Å². The van der Waals surface area contributed by atoms with Crippen molar-refractivity contribution in [2.45, 2.75) is 39.2 Å². The molecule has 1 aliphatic rings. The van der Waals surface area contributed by atoms with E-state index in [0.29, 0.717) is 12.8 Å². The largest absolute Gasteiger partial charge is 0.460 e. The molecule has 0 heterocycles. The maximum Gasteiger partial charge on any atom is 0.309 e. The highest BCUT2D eigenvalue weighted by Crippen LogP contribution is 2.36. The van der Waals surface area contributed by atoms with Gasteiger partial charge in [0.2, 0.25) is 0 Å². The topological polar surface area (TPSA) is 26.3 Å². The molecule has 4 radical (unpaired) electrons. The van der Waals surface area contributed by atoms with E-state index in [1.165, 1.54) is 0 Å². The third kappa shape index (κ3) is 3.00. The van der Waals surface area contributed by atoms with Gasteiger partial charge in [0.15, 0.2) is 0 Å². The number of ether oxygens (including phenoxy) is 1. The van der Waals surface area contributed by atoms with E-state index < -0.39 is 5.60 Å². The zero-order valence-electron chi connectivity index (χ0n) is 9.12. The van der Waals surface area contributed by atoms with Crippen LogP contribution < -0.4 is 0 Å². The average molecular weight is 194 g/mol. The Morgan fingerprint density at radius 1 is 1.29 bits per heavy atom. The smallest absolute Gasteiger partial charge is 0.309 e. The summed E-state index contributed by atoms with van der Waals surface area (Å²) in [4.78, 5) is 11.7. The molecule has 14 heavy (non-hydrogen) atoms. The van der Waals surface area contributed by atoms with Crippen molar-refractivity contribution in [3.63, 3.8) is 0 Å². The van der Waals surface area contributed by atoms with E-state index >= 15 is 0 Å². The molecule has 0 bridgehead atoms. The first-order valence-electron chi connectivity index (χ1n) is 5.03. The van der Waals surface area contributed by atoms with Crippen LogP contribution in [0.3, 0.4) is 0 Å². The van der Waals surface area contributed by atoms with Crippen molar-refractivity contribution in [2.75, 3.05) is 0 Å². The number of hydrogen-bond acceptors (Lipinski definition) is 2. The van der Waals surface area contributed by atoms with Crippen LogP contribution in [0.4, 0.5) is 0 Å². The summed E-state index contributed by atoms with van der Waals surface area (Å²) in [6.07, 6.45) is 1.36. The number of rotatable bonds is 1. The summed E-state index contributed by atoms with van der Waals surface area (Å²) in [6.45, 7) is 17.1. The Balaban J connectivity index is 2.53. The molecule has 0 aromatic carbocycles. The molecule has 0 saturated heterocycles. The monoisotopic (exact) mass is 194 g/mol. The van der Waals surface area contributed by atoms with Crippen molar-refractivity contribution in [2.24, 2.45) is 17.8 Å². The van der Waals surface area contributed by atoms with Crippen molar-refractivity contribution >= 4 is 5.97 Å². The van der Waals surface area contributed by atoms with Crippen LogP contribution in [0.15, 0.2) is 0 Å². The summed E-state index contributed by atoms with van der Waals surface area (Å²) in [6, 6.07) is 0. The third-order valence-corrected chi connectivity index (χ3v) is 2.36. The van der Waals surface area contributed by atoms with Gasteiger partial charge in [-0.05, 0) is 59.3 Å². The Labute approximate surface area is 87.0 Å². The molecular weight excluding hydrogens is 176 g/mol. The lowest BCUT2D eigenvalue weighted by atomic mass is 9.98. The fourth-order valence-electron chi connectivity index (χ4n) is 1.76. The molecule has 3 atom stereocenters. The van der Waals surface area contributed by atoms with Gasteiger partial charge in [0, 0.05) is 0 Å². The molecule has 1 saturated carbocycles. The first-order chi connectivity index (χ1) is 6.29. The van der Waals surface area contributed by atoms with Crippen LogP contribution in [0.2, 0.25) is 0 Å². The highest BCUT2D eigenvalue weighted by Gasteiger charge is 2.36. The molecule has 0 aliphatic heterocycles. The Hall–Kier alpha value is -0.530. The van der Waals surface area contributed by atoms with Gasteiger partial charge in [-0.25, -0.2) is 0 Å². The van der Waals surface area contributed by atoms with Crippen LogP contribution in [-0.2, 0) is 9.53 Å². The maximum absolute atomic E-state index is 11.7. The lowest BCUT2D eigenvalue weighted by Crippen LogP contribution is -2.29. The second-order valence-corrected chi connectivity index (χ2v) is 5.04. The van der Waals surface area contributed by atoms with Gasteiger partial charge >= 0.3 is 5.97 Å². The number of hydrogen-bond donors (Lipinski definition) is 0. The fraction of sp³-hybridized carbons (Fsp3) is 0.750. The van der Waals surface area contributed by atoms with Crippen LogP contribution in [0.1, 0.15) is 33.6 Å². The zero-order chi connectivity index (χ0) is 10.9. The van der Waals surface area contributed by atoms with Crippen LogP contribution in [0.5, 0.6) is 0 Å². The van der Waals surface area contributed by atoms with Gasteiger partial charge in [0.1, 0.15) is 5.60 Å². The van der Waals surface area contributed by atoms with Crippen molar-refractivity contribution in [3.8, 4) is 0 Å². The molecule has 78 valence electrons. The quantitative estimate of drug-likeness (QED) is 0.599. The molecule has 2 heteroatoms. The standard InChI is InChI=1S/C12H18O2/c1-8-6-9(2)10(7-8)11(13)14-12(3,4)5/h1-2,8-10H,6-7H2,3-5H3. The summed E-state index contributed by atoms with van der Waals surface area (Å²) in [5, 5.41) is 0. The highest BCUT2D eigenvalue weighted by molar-refractivity contribution is 5.73. The molecule has 2 nitrogen and oxygen atoms in total. The SMILES string of the molecule is [CH]C1CC([CH])C(C(=O)OC(C)(C)C)C1. The van der Waals surface area contributed by atoms with Gasteiger partial charge in [-0.1, -0.05) is 0 Å². The zero-order valence-corrected chi connectivity index (χ0v) is 9.12. The van der Waals surface area contributed by atoms with E-state index in [1.54, 1.807) is 0 Å². The second kappa shape index (κ2) is 3.92. The van der Waals surface area contributed by atoms with E-state index in [2.05, 4.69) is 0 Å². The summed E-state index contributed by atoms with van der Waals surface area (Å²) in [5.74, 6) is -0.524. The predicted molar refractivity (Wildman–Crippen MR) is 54.1 cm³/mol. The first kappa shape index (κ1) is 11.5. The maximum atomic E-state index is 11.7. The Kier molecular flexibility index (Phi) is 3.23. The van der Waals surface area contributed by atoms with E-state index in [1.807, 2.05) is 20.8 Å². The predicted octanol–water partition coefficient (Wildman–Crippen LogP) is 2.39. The molecular formula is C12H18O2. The van der Waals surface area contributed by atoms with Gasteiger partial charge in [-0.2, -0.15) is 0 Å². The third-order valence-electron chi connectivity index (χ3n) is 2.36. The second-order valence-electron chi connectivity index (χ2n) is 5.04. The Morgan fingerprint density at radius 2 is 1.86 bits per heavy atom. The summed E-state index contributed by atoms with van der Waals surface area (Å²) in [7, 11) is 0. The molecule has 0 spiro atoms. The van der Waals surface area contributed by atoms with E-state index in [4.69, 9.17) is 18.6 Å². The summed E-state index contributed by atoms with van der Waals surface area (Å²) < 4.78 is 5.27. The van der Waals surface area contributed by atoms with E-state index in [-0.39, 0.29) is 23.7 Å². The number of carbonyl (C=O) groups excluding carboxylic acids is 1. The minimum Gasteiger partial charge on any atom is -0.460 e. The van der Waals surface area contributed by atoms with Crippen LogP contribution in [0.25, 0.3) is 0 Å². The molecule has 0 N–H and O–H groups in total. The van der Waals surface area contributed by atoms with Gasteiger partial charge in [0.25, 0.3) is 0 Å². The summed E-state index contributed by atoms with van der Waals surface area (Å²) in [5.41, 5.74) is -0.441. The molecule has 3 unspecified atom stereocenters. The molecule has 1 rings (SSSR count). The molecule has 0 aromatic heterocycles. The van der Waals surface area contributed by atoms with Gasteiger partial charge in [-0.15, -0.1) is 0 Å². The van der Waals surface area contributed by atoms with Gasteiger partial charge < -0.3 is 4.74 Å². The van der Waals surface area contributed by atoms with Crippen LogP contribution in [-0.4, -0.2) is 11.6 Å². The fourth-order valence-corrected chi connectivity index (χ4v) is 1.76. The first-order valence-corrected chi connectivity index (χ1v) is 5.03. The number of esters is 1. The Bertz CT molecular complexity index is 215. The highest BCUT2D eigenvalue weighted by atomic mass is 16.6. The Morgan fingerprint density at radius 3 is 2.21 bits per heavy atom. The van der Waals surface area contributed by atoms with Crippen molar-refractivity contribution in [1.82, 2.24) is 0 Å². The lowest BCUT2D eigenvalue weighted by molar-refractivity contribution is -0.160. The van der Waals surface area contributed by atoms with Gasteiger partial charge in [0.05, 0.1) is 5.92 Å².